The molecular formula is C58H72F12N6O13P4Pt2S4+4. The van der Waals surface area contributed by atoms with E-state index in [0.717, 1.165) is 57.7 Å². The van der Waals surface area contributed by atoms with Crippen LogP contribution in [0.5, 0.6) is 0 Å². The van der Waals surface area contributed by atoms with Crippen LogP contribution in [0.3, 0.4) is 0 Å². The van der Waals surface area contributed by atoms with Gasteiger partial charge >= 0.3 is 64.2 Å². The molecule has 6 aromatic heterocycles. The third-order valence-corrected chi connectivity index (χ3v) is 9.41. The second-order valence-electron chi connectivity index (χ2n) is 19.2. The molecule has 6 rings (SSSR count). The molecule has 556 valence electrons. The maximum Gasteiger partial charge on any atom is 2.00 e. The van der Waals surface area contributed by atoms with E-state index in [1.165, 1.54) is 0 Å². The summed E-state index contributed by atoms with van der Waals surface area (Å²) in [6.45, 7) is 32.9. The molecule has 0 spiro atoms. The quantitative estimate of drug-likeness (QED) is 0.0511. The molecule has 0 fully saturated rings. The Labute approximate surface area is 605 Å². The Bertz CT molecular complexity index is 3380. The molecule has 0 saturated carbocycles. The summed E-state index contributed by atoms with van der Waals surface area (Å²) in [5.41, 5.74) is -15.6. The molecule has 41 heteroatoms. The smallest absolute Gasteiger partial charge is 0.741 e. The predicted molar refractivity (Wildman–Crippen MR) is 359 cm³/mol. The predicted octanol–water partition coefficient (Wildman–Crippen LogP) is 10.9. The van der Waals surface area contributed by atoms with Crippen molar-refractivity contribution >= 4 is 72.2 Å². The Hall–Kier alpha value is -5.00. The van der Waals surface area contributed by atoms with Crippen LogP contribution in [0.1, 0.15) is 58.4 Å². The zero-order valence-corrected chi connectivity index (χ0v) is 66.7. The first-order chi connectivity index (χ1) is 44.1. The van der Waals surface area contributed by atoms with E-state index in [2.05, 4.69) is 157 Å². The molecule has 0 atom stereocenters. The van der Waals surface area contributed by atoms with E-state index in [-0.39, 0.29) is 73.8 Å². The topological polar surface area (TPSA) is 315 Å². The van der Waals surface area contributed by atoms with Crippen molar-refractivity contribution in [2.24, 2.45) is 0 Å². The molecule has 0 aliphatic carbocycles. The zero-order valence-electron chi connectivity index (χ0n) is 54.9. The molecule has 6 heterocycles. The van der Waals surface area contributed by atoms with Crippen molar-refractivity contribution in [3.05, 3.63) is 180 Å². The van der Waals surface area contributed by atoms with Crippen LogP contribution in [0.4, 0.5) is 52.7 Å². The second kappa shape index (κ2) is 56.5. The van der Waals surface area contributed by atoms with Crippen molar-refractivity contribution in [2.45, 2.75) is 35.9 Å². The number of alkyl halides is 12. The monoisotopic (exact) mass is 1930 g/mol. The third-order valence-electron chi connectivity index (χ3n) is 7.14. The van der Waals surface area contributed by atoms with Gasteiger partial charge in [-0.05, 0) is 106 Å². The van der Waals surface area contributed by atoms with Crippen molar-refractivity contribution in [3.8, 4) is 47.4 Å². The van der Waals surface area contributed by atoms with Crippen LogP contribution in [-0.2, 0) is 87.3 Å². The van der Waals surface area contributed by atoms with Gasteiger partial charge in [-0.2, -0.15) is 52.7 Å². The number of halogens is 12. The largest absolute Gasteiger partial charge is 2.00 e. The second-order valence-corrected chi connectivity index (χ2v) is 36.7. The minimum Gasteiger partial charge on any atom is -0.741 e. The molecule has 6 aromatic rings. The van der Waals surface area contributed by atoms with E-state index < -0.39 is 62.5 Å². The molecule has 0 bridgehead atoms. The number of aromatic nitrogens is 6. The van der Waals surface area contributed by atoms with E-state index in [1.807, 2.05) is 74.5 Å². The fourth-order valence-electron chi connectivity index (χ4n) is 3.68. The van der Waals surface area contributed by atoms with E-state index >= 15 is 0 Å². The minimum absolute atomic E-state index is 0. The molecular weight excluding hydrogens is 1860 g/mol. The molecule has 0 aliphatic rings. The maximum absolute atomic E-state index is 10.7. The van der Waals surface area contributed by atoms with Crippen LogP contribution in [0, 0.1) is 47.4 Å². The summed E-state index contributed by atoms with van der Waals surface area (Å²) in [6.07, 6.45) is 20.7. The van der Waals surface area contributed by atoms with Gasteiger partial charge in [0.15, 0.2) is 40.5 Å². The van der Waals surface area contributed by atoms with E-state index in [0.29, 0.717) is 0 Å². The Morgan fingerprint density at radius 3 is 0.535 bits per heavy atom. The van der Waals surface area contributed by atoms with Crippen LogP contribution >= 0.6 is 31.7 Å². The van der Waals surface area contributed by atoms with Gasteiger partial charge in [0, 0.05) is 212 Å². The number of hydrogen-bond donors (Lipinski definition) is 0. The van der Waals surface area contributed by atoms with Crippen LogP contribution < -0.4 is 0 Å². The molecule has 0 aliphatic heterocycles. The standard InChI is InChI=1S/2C19H11N3.C4H10O.4C3H9P.4CHF3O3S.2Pt/c2*1(16-5-9-20-10-6-16)3-18-13-19(15-22-14-18)4-2-17-7-11-21-12-8-17;1-3-5-4-2;4*1-4(2)3;4*2-1(3,4)8(5,6)7;;/h2*5-15H;3-4H2,1-2H3;4*1-3H3;4*(H,5,6,7);;/q;;;;;;;;;;;2*+2. The first kappa shape index (κ1) is 107. The number of rotatable bonds is 2. The summed E-state index contributed by atoms with van der Waals surface area (Å²) in [5.74, 6) is 24.6. The fourth-order valence-corrected chi connectivity index (χ4v) is 3.68. The van der Waals surface area contributed by atoms with Gasteiger partial charge < -0.3 is 22.9 Å². The average Bonchev–Trinajstić information content (AvgIpc) is 0.917. The summed E-state index contributed by atoms with van der Waals surface area (Å²) < 4.78 is 240. The van der Waals surface area contributed by atoms with Crippen molar-refractivity contribution in [2.75, 3.05) is 93.2 Å². The van der Waals surface area contributed by atoms with Crippen molar-refractivity contribution < 1.29 is 151 Å². The SMILES string of the molecule is C(#Cc1cncc(C#Cc2ccncc2)c1)c1ccncc1.C(#Cc1cncc(C#Cc2ccncc2)c1)c1ccncc1.CCOCC.C[PH+](C)C.C[PH+](C)C.C[PH+](C)C.C[PH+](C)C.O=S(=O)([O-])C(F)(F)F.O=S(=O)([O-])C(F)(F)F.O=S(=O)([O-])C(F)(F)F.O=S(=O)([O-])C(F)(F)F.[Pt+2].[Pt+2]. The van der Waals surface area contributed by atoms with Crippen LogP contribution in [-0.4, -0.2) is 197 Å². The summed E-state index contributed by atoms with van der Waals surface area (Å²) >= 11 is 0. The first-order valence-electron chi connectivity index (χ1n) is 26.5. The molecule has 0 aromatic carbocycles. The maximum atomic E-state index is 10.7. The van der Waals surface area contributed by atoms with E-state index in [1.54, 1.807) is 74.4 Å². The van der Waals surface area contributed by atoms with Crippen molar-refractivity contribution in [1.29, 1.82) is 0 Å². The van der Waals surface area contributed by atoms with Gasteiger partial charge in [-0.3, -0.25) is 29.9 Å². The van der Waals surface area contributed by atoms with Gasteiger partial charge in [0.1, 0.15) is 0 Å². The number of pyridine rings is 6. The number of ether oxygens (including phenoxy) is 1. The van der Waals surface area contributed by atoms with Gasteiger partial charge in [-0.15, -0.1) is 0 Å². The number of nitrogens with zero attached hydrogens (tertiary/aromatic N) is 6. The third kappa shape index (κ3) is 69.9. The molecule has 0 unspecified atom stereocenters. The number of hydrogen-bond acceptors (Lipinski definition) is 19. The molecule has 0 amide bonds. The zero-order chi connectivity index (χ0) is 76.5. The minimum atomic E-state index is -6.09. The van der Waals surface area contributed by atoms with E-state index in [9.17, 15) is 52.7 Å². The first-order valence-corrected chi connectivity index (χ1v) is 44.1. The summed E-state index contributed by atoms with van der Waals surface area (Å²) in [7, 11) is -23.9. The van der Waals surface area contributed by atoms with Crippen LogP contribution in [0.15, 0.2) is 135 Å². The Morgan fingerprint density at radius 2 is 0.434 bits per heavy atom. The van der Waals surface area contributed by atoms with E-state index in [4.69, 9.17) is 56.6 Å². The summed E-state index contributed by atoms with van der Waals surface area (Å²) in [6, 6.07) is 18.8. The van der Waals surface area contributed by atoms with Gasteiger partial charge in [0.2, 0.25) is 0 Å². The molecule has 0 radical (unpaired) electrons. The van der Waals surface area contributed by atoms with Gasteiger partial charge in [-0.25, -0.2) is 33.7 Å². The van der Waals surface area contributed by atoms with Crippen LogP contribution in [0.25, 0.3) is 0 Å². The average molecular weight is 1930 g/mol. The summed E-state index contributed by atoms with van der Waals surface area (Å²) in [5, 5.41) is 0. The van der Waals surface area contributed by atoms with Crippen LogP contribution in [0.2, 0.25) is 0 Å². The summed E-state index contributed by atoms with van der Waals surface area (Å²) in [4.78, 5) is 24.2. The molecule has 0 N–H and O–H groups in total. The Balaban J connectivity index is -0.000000202. The molecule has 19 nitrogen and oxygen atoms in total. The Morgan fingerprint density at radius 1 is 0.313 bits per heavy atom. The van der Waals surface area contributed by atoms with Gasteiger partial charge in [0.05, 0.1) is 0 Å². The fraction of sp³-hybridized carbons (Fsp3) is 0.345. The normalized spacial score (nSPS) is 10.4. The van der Waals surface area contributed by atoms with Gasteiger partial charge in [-0.1, -0.05) is 47.4 Å². The van der Waals surface area contributed by atoms with Crippen molar-refractivity contribution in [1.82, 2.24) is 29.9 Å². The molecule has 0 saturated heterocycles. The Kier molecular flexibility index (Phi) is 61.3. The van der Waals surface area contributed by atoms with Crippen molar-refractivity contribution in [3.63, 3.8) is 0 Å². The molecule has 99 heavy (non-hydrogen) atoms. The van der Waals surface area contributed by atoms with Gasteiger partial charge in [0.25, 0.3) is 0 Å².